The number of benzene rings is 1. The molecule has 1 N–H and O–H groups in total. The van der Waals surface area contributed by atoms with Gasteiger partial charge >= 0.3 is 0 Å². The number of halogens is 2. The van der Waals surface area contributed by atoms with Crippen molar-refractivity contribution in [3.63, 3.8) is 0 Å². The third kappa shape index (κ3) is 4.60. The van der Waals surface area contributed by atoms with E-state index in [-0.39, 0.29) is 0 Å². The monoisotopic (exact) mass is 339 g/mol. The minimum absolute atomic E-state index is 0.402. The number of nitrogens with zero attached hydrogens (tertiary/aromatic N) is 1. The van der Waals surface area contributed by atoms with Crippen LogP contribution in [0.3, 0.4) is 0 Å². The molecular weight excluding hydrogens is 326 g/mol. The number of aromatic nitrogens is 1. The molecule has 1 aromatic carbocycles. The first-order chi connectivity index (χ1) is 9.15. The molecule has 0 radical (unpaired) electrons. The second-order valence-corrected chi connectivity index (χ2v) is 5.78. The normalized spacial score (nSPS) is 12.4. The van der Waals surface area contributed by atoms with Crippen molar-refractivity contribution in [3.8, 4) is 0 Å². The fourth-order valence-corrected chi connectivity index (χ4v) is 2.65. The molecule has 0 saturated heterocycles. The van der Waals surface area contributed by atoms with E-state index < -0.39 is 6.10 Å². The Kier molecular flexibility index (Phi) is 5.37. The Balaban J connectivity index is 1.89. The van der Waals surface area contributed by atoms with Gasteiger partial charge in [-0.1, -0.05) is 39.7 Å². The highest BCUT2D eigenvalue weighted by Gasteiger charge is 2.09. The summed E-state index contributed by atoms with van der Waals surface area (Å²) in [5.74, 6) is 0. The van der Waals surface area contributed by atoms with Gasteiger partial charge in [-0.05, 0) is 49.1 Å². The maximum Gasteiger partial charge on any atom is 0.0584 e. The number of pyridine rings is 1. The van der Waals surface area contributed by atoms with Crippen LogP contribution in [0.5, 0.6) is 0 Å². The van der Waals surface area contributed by atoms with Crippen LogP contribution in [-0.2, 0) is 12.8 Å². The maximum atomic E-state index is 10.1. The summed E-state index contributed by atoms with van der Waals surface area (Å²) >= 11 is 9.51. The molecule has 0 fully saturated rings. The zero-order chi connectivity index (χ0) is 13.7. The summed E-state index contributed by atoms with van der Waals surface area (Å²) in [6.45, 7) is 0. The summed E-state index contributed by atoms with van der Waals surface area (Å²) in [5, 5.41) is 10.7. The Morgan fingerprint density at radius 3 is 2.79 bits per heavy atom. The van der Waals surface area contributed by atoms with Crippen molar-refractivity contribution in [2.24, 2.45) is 0 Å². The molecule has 0 aliphatic heterocycles. The van der Waals surface area contributed by atoms with E-state index in [2.05, 4.69) is 20.9 Å². The third-order valence-corrected chi connectivity index (χ3v) is 3.78. The van der Waals surface area contributed by atoms with Crippen molar-refractivity contribution >= 4 is 27.5 Å². The number of hydrogen-bond acceptors (Lipinski definition) is 2. The van der Waals surface area contributed by atoms with E-state index in [0.717, 1.165) is 22.2 Å². The fourth-order valence-electron chi connectivity index (χ4n) is 1.90. The summed E-state index contributed by atoms with van der Waals surface area (Å²) in [4.78, 5) is 4.24. The van der Waals surface area contributed by atoms with Crippen molar-refractivity contribution in [1.29, 1.82) is 0 Å². The Labute approximate surface area is 126 Å². The van der Waals surface area contributed by atoms with Crippen LogP contribution < -0.4 is 0 Å². The van der Waals surface area contributed by atoms with Crippen LogP contribution in [-0.4, -0.2) is 16.2 Å². The van der Waals surface area contributed by atoms with Crippen LogP contribution in [0.2, 0.25) is 5.02 Å². The highest BCUT2D eigenvalue weighted by atomic mass is 79.9. The highest BCUT2D eigenvalue weighted by Crippen LogP contribution is 2.23. The van der Waals surface area contributed by atoms with Crippen molar-refractivity contribution in [3.05, 3.63) is 63.3 Å². The van der Waals surface area contributed by atoms with E-state index in [1.165, 1.54) is 0 Å². The van der Waals surface area contributed by atoms with Crippen molar-refractivity contribution in [1.82, 2.24) is 4.98 Å². The molecule has 100 valence electrons. The number of rotatable bonds is 5. The van der Waals surface area contributed by atoms with Gasteiger partial charge in [0.25, 0.3) is 0 Å². The first kappa shape index (κ1) is 14.5. The highest BCUT2D eigenvalue weighted by molar-refractivity contribution is 9.10. The predicted molar refractivity (Wildman–Crippen MR) is 81.4 cm³/mol. The van der Waals surface area contributed by atoms with Crippen LogP contribution in [0, 0.1) is 0 Å². The van der Waals surface area contributed by atoms with Crippen LogP contribution >= 0.6 is 27.5 Å². The van der Waals surface area contributed by atoms with Crippen LogP contribution in [0.15, 0.2) is 47.1 Å². The summed E-state index contributed by atoms with van der Waals surface area (Å²) < 4.78 is 0.948. The van der Waals surface area contributed by atoms with E-state index in [1.807, 2.05) is 36.4 Å². The molecule has 1 heterocycles. The number of aryl methyl sites for hydroxylation is 1. The van der Waals surface area contributed by atoms with Crippen molar-refractivity contribution < 1.29 is 5.11 Å². The largest absolute Gasteiger partial charge is 0.393 e. The lowest BCUT2D eigenvalue weighted by Gasteiger charge is -2.11. The van der Waals surface area contributed by atoms with E-state index in [9.17, 15) is 5.11 Å². The smallest absolute Gasteiger partial charge is 0.0584 e. The molecule has 1 unspecified atom stereocenters. The molecule has 0 spiro atoms. The van der Waals surface area contributed by atoms with E-state index in [4.69, 9.17) is 11.6 Å². The average molecular weight is 341 g/mol. The lowest BCUT2D eigenvalue weighted by Crippen LogP contribution is -2.12. The second-order valence-electron chi connectivity index (χ2n) is 4.45. The van der Waals surface area contributed by atoms with Gasteiger partial charge in [0.1, 0.15) is 0 Å². The van der Waals surface area contributed by atoms with Gasteiger partial charge in [0, 0.05) is 21.4 Å². The van der Waals surface area contributed by atoms with Gasteiger partial charge in [-0.25, -0.2) is 0 Å². The molecular formula is C15H15BrClNO. The van der Waals surface area contributed by atoms with Gasteiger partial charge in [0.2, 0.25) is 0 Å². The van der Waals surface area contributed by atoms with Crippen LogP contribution in [0.25, 0.3) is 0 Å². The Morgan fingerprint density at radius 2 is 2.11 bits per heavy atom. The lowest BCUT2D eigenvalue weighted by molar-refractivity contribution is 0.165. The molecule has 1 aromatic heterocycles. The van der Waals surface area contributed by atoms with Gasteiger partial charge in [-0.3, -0.25) is 4.98 Å². The summed E-state index contributed by atoms with van der Waals surface area (Å²) in [7, 11) is 0. The first-order valence-electron chi connectivity index (χ1n) is 6.17. The van der Waals surface area contributed by atoms with Gasteiger partial charge in [-0.2, -0.15) is 0 Å². The predicted octanol–water partition coefficient (Wildman–Crippen LogP) is 4.03. The average Bonchev–Trinajstić information content (AvgIpc) is 2.41. The van der Waals surface area contributed by atoms with Crippen molar-refractivity contribution in [2.45, 2.75) is 25.4 Å². The van der Waals surface area contributed by atoms with Crippen LogP contribution in [0.4, 0.5) is 0 Å². The molecule has 2 aromatic rings. The SMILES string of the molecule is OC(CCc1ccccn1)Cc1ccc(Br)cc1Cl. The molecule has 0 saturated carbocycles. The Bertz CT molecular complexity index is 533. The summed E-state index contributed by atoms with van der Waals surface area (Å²) in [5.41, 5.74) is 1.97. The Morgan fingerprint density at radius 1 is 1.26 bits per heavy atom. The number of aliphatic hydroxyl groups is 1. The molecule has 4 heteroatoms. The first-order valence-corrected chi connectivity index (χ1v) is 7.34. The zero-order valence-corrected chi connectivity index (χ0v) is 12.7. The minimum Gasteiger partial charge on any atom is -0.393 e. The molecule has 1 atom stereocenters. The van der Waals surface area contributed by atoms with Gasteiger partial charge in [0.15, 0.2) is 0 Å². The second kappa shape index (κ2) is 7.04. The zero-order valence-electron chi connectivity index (χ0n) is 10.4. The van der Waals surface area contributed by atoms with E-state index >= 15 is 0 Å². The standard InChI is InChI=1S/C15H15BrClNO/c16-12-5-4-11(15(17)10-12)9-14(19)7-6-13-3-1-2-8-18-13/h1-5,8,10,14,19H,6-7,9H2. The molecule has 0 aliphatic rings. The molecule has 2 rings (SSSR count). The number of aliphatic hydroxyl groups excluding tert-OH is 1. The van der Waals surface area contributed by atoms with Gasteiger partial charge in [-0.15, -0.1) is 0 Å². The minimum atomic E-state index is -0.402. The molecule has 0 amide bonds. The summed E-state index contributed by atoms with van der Waals surface area (Å²) in [6, 6.07) is 11.5. The third-order valence-electron chi connectivity index (χ3n) is 2.93. The molecule has 0 aliphatic carbocycles. The maximum absolute atomic E-state index is 10.1. The molecule has 0 bridgehead atoms. The summed E-state index contributed by atoms with van der Waals surface area (Å²) in [6.07, 6.45) is 3.40. The van der Waals surface area contributed by atoms with E-state index in [0.29, 0.717) is 17.9 Å². The van der Waals surface area contributed by atoms with Gasteiger partial charge in [0.05, 0.1) is 6.10 Å². The fraction of sp³-hybridized carbons (Fsp3) is 0.267. The van der Waals surface area contributed by atoms with E-state index in [1.54, 1.807) is 6.20 Å². The Hall–Kier alpha value is -0.900. The quantitative estimate of drug-likeness (QED) is 0.891. The topological polar surface area (TPSA) is 33.1 Å². The number of hydrogen-bond donors (Lipinski definition) is 1. The van der Waals surface area contributed by atoms with Gasteiger partial charge < -0.3 is 5.11 Å². The van der Waals surface area contributed by atoms with Crippen molar-refractivity contribution in [2.75, 3.05) is 0 Å². The lowest BCUT2D eigenvalue weighted by atomic mass is 10.0. The molecule has 19 heavy (non-hydrogen) atoms. The van der Waals surface area contributed by atoms with Crippen LogP contribution in [0.1, 0.15) is 17.7 Å². The molecule has 2 nitrogen and oxygen atoms in total.